The number of nitrogens with one attached hydrogen (secondary N) is 1. The van der Waals surface area contributed by atoms with Crippen LogP contribution < -0.4 is 10.5 Å². The minimum absolute atomic E-state index is 0.0724. The normalized spacial score (nSPS) is 11.5. The van der Waals surface area contributed by atoms with E-state index in [1.807, 2.05) is 0 Å². The lowest BCUT2D eigenvalue weighted by molar-refractivity contribution is -0.120. The molecular weight excluding hydrogens is 300 g/mol. The molecule has 1 aromatic heterocycles. The second kappa shape index (κ2) is 8.35. The average molecular weight is 320 g/mol. The first-order chi connectivity index (χ1) is 9.43. The number of primary sulfonamides is 1. The molecule has 0 fully saturated rings. The Morgan fingerprint density at radius 3 is 2.75 bits per heavy atom. The summed E-state index contributed by atoms with van der Waals surface area (Å²) in [5, 5.41) is 7.72. The highest BCUT2D eigenvalue weighted by molar-refractivity contribution is 7.91. The fourth-order valence-electron chi connectivity index (χ4n) is 1.44. The highest BCUT2D eigenvalue weighted by Crippen LogP contribution is 2.20. The number of rotatable bonds is 9. The van der Waals surface area contributed by atoms with Crippen molar-refractivity contribution in [2.24, 2.45) is 5.14 Å². The van der Waals surface area contributed by atoms with E-state index in [4.69, 9.17) is 9.88 Å². The second-order valence-corrected chi connectivity index (χ2v) is 7.21. The van der Waals surface area contributed by atoms with Crippen LogP contribution in [0.25, 0.3) is 0 Å². The summed E-state index contributed by atoms with van der Waals surface area (Å²) in [5.74, 6) is -0.160. The van der Waals surface area contributed by atoms with Crippen LogP contribution in [0.1, 0.15) is 24.6 Å². The Labute approximate surface area is 123 Å². The van der Waals surface area contributed by atoms with E-state index in [1.165, 1.54) is 6.07 Å². The Morgan fingerprint density at radius 1 is 1.40 bits per heavy atom. The molecule has 0 saturated heterocycles. The summed E-state index contributed by atoms with van der Waals surface area (Å²) in [6, 6.07) is 3.01. The van der Waals surface area contributed by atoms with E-state index in [0.717, 1.165) is 24.2 Å². The molecule has 1 amide bonds. The van der Waals surface area contributed by atoms with Gasteiger partial charge < -0.3 is 10.1 Å². The fraction of sp³-hybridized carbons (Fsp3) is 0.583. The maximum Gasteiger partial charge on any atom is 0.247 e. The summed E-state index contributed by atoms with van der Waals surface area (Å²) in [6.07, 6.45) is 2.24. The van der Waals surface area contributed by atoms with Crippen LogP contribution in [-0.4, -0.2) is 34.1 Å². The first-order valence-electron chi connectivity index (χ1n) is 6.39. The Bertz CT molecular complexity index is 525. The number of hydrogen-bond acceptors (Lipinski definition) is 5. The molecule has 1 aromatic rings. The van der Waals surface area contributed by atoms with Crippen LogP contribution in [0.5, 0.6) is 0 Å². The number of sulfonamides is 1. The van der Waals surface area contributed by atoms with E-state index in [1.54, 1.807) is 6.07 Å². The largest absolute Gasteiger partial charge is 0.380 e. The summed E-state index contributed by atoms with van der Waals surface area (Å²) in [4.78, 5) is 12.3. The fourth-order valence-corrected chi connectivity index (χ4v) is 3.22. The molecule has 0 aromatic carbocycles. The maximum absolute atomic E-state index is 11.6. The Kier molecular flexibility index (Phi) is 7.14. The van der Waals surface area contributed by atoms with E-state index >= 15 is 0 Å². The van der Waals surface area contributed by atoms with Gasteiger partial charge in [-0.25, -0.2) is 13.6 Å². The predicted octanol–water partition coefficient (Wildman–Crippen LogP) is 0.871. The average Bonchev–Trinajstić information content (AvgIpc) is 2.82. The third-order valence-electron chi connectivity index (χ3n) is 2.46. The maximum atomic E-state index is 11.6. The van der Waals surface area contributed by atoms with E-state index in [9.17, 15) is 13.2 Å². The van der Waals surface area contributed by atoms with Crippen molar-refractivity contribution in [3.05, 3.63) is 17.0 Å². The first kappa shape index (κ1) is 17.1. The van der Waals surface area contributed by atoms with Crippen LogP contribution in [0.15, 0.2) is 16.3 Å². The zero-order valence-electron chi connectivity index (χ0n) is 11.4. The molecule has 0 unspecified atom stereocenters. The van der Waals surface area contributed by atoms with Crippen LogP contribution in [0.3, 0.4) is 0 Å². The Morgan fingerprint density at radius 2 is 2.15 bits per heavy atom. The number of carbonyl (C=O) groups excluding carboxylic acids is 1. The Balaban J connectivity index is 2.27. The topological polar surface area (TPSA) is 98.5 Å². The lowest BCUT2D eigenvalue weighted by atomic mass is 10.3. The van der Waals surface area contributed by atoms with Crippen LogP contribution >= 0.6 is 11.3 Å². The monoisotopic (exact) mass is 320 g/mol. The molecule has 114 valence electrons. The van der Waals surface area contributed by atoms with Crippen LogP contribution in [0.4, 0.5) is 0 Å². The van der Waals surface area contributed by atoms with Crippen molar-refractivity contribution in [1.29, 1.82) is 0 Å². The molecule has 3 N–H and O–H groups in total. The number of hydrogen-bond donors (Lipinski definition) is 2. The lowest BCUT2D eigenvalue weighted by Crippen LogP contribution is -2.28. The molecule has 0 aliphatic carbocycles. The van der Waals surface area contributed by atoms with Gasteiger partial charge in [0, 0.05) is 18.0 Å². The van der Waals surface area contributed by atoms with E-state index in [2.05, 4.69) is 12.2 Å². The van der Waals surface area contributed by atoms with Gasteiger partial charge in [-0.15, -0.1) is 11.3 Å². The van der Waals surface area contributed by atoms with Crippen molar-refractivity contribution < 1.29 is 17.9 Å². The van der Waals surface area contributed by atoms with E-state index < -0.39 is 10.0 Å². The van der Waals surface area contributed by atoms with E-state index in [-0.39, 0.29) is 16.5 Å². The Hall–Kier alpha value is -0.960. The van der Waals surface area contributed by atoms with Crippen molar-refractivity contribution in [2.45, 2.75) is 30.4 Å². The molecule has 8 heteroatoms. The van der Waals surface area contributed by atoms with Crippen LogP contribution in [0, 0.1) is 0 Å². The van der Waals surface area contributed by atoms with Gasteiger partial charge in [-0.05, 0) is 18.6 Å². The summed E-state index contributed by atoms with van der Waals surface area (Å²) < 4.78 is 27.6. The van der Waals surface area contributed by atoms with Crippen molar-refractivity contribution in [3.63, 3.8) is 0 Å². The molecular formula is C12H20N2O4S2. The van der Waals surface area contributed by atoms with Gasteiger partial charge in [0.05, 0.1) is 13.0 Å². The van der Waals surface area contributed by atoms with E-state index in [0.29, 0.717) is 24.6 Å². The number of amides is 1. The molecule has 0 spiro atoms. The summed E-state index contributed by atoms with van der Waals surface area (Å²) in [7, 11) is -3.68. The quantitative estimate of drug-likeness (QED) is 0.660. The van der Waals surface area contributed by atoms with Crippen molar-refractivity contribution in [2.75, 3.05) is 19.8 Å². The number of thiophene rings is 1. The standard InChI is InChI=1S/C12H20N2O4S2/c1-2-3-7-18-8-6-14-11(15)9-10-4-5-12(19-10)20(13,16)17/h4-5H,2-3,6-9H2,1H3,(H,14,15)(H2,13,16,17). The van der Waals surface area contributed by atoms with Gasteiger partial charge in [0.25, 0.3) is 0 Å². The smallest absolute Gasteiger partial charge is 0.247 e. The molecule has 0 aliphatic heterocycles. The number of ether oxygens (including phenoxy) is 1. The second-order valence-electron chi connectivity index (χ2n) is 4.26. The highest BCUT2D eigenvalue weighted by Gasteiger charge is 2.12. The summed E-state index contributed by atoms with van der Waals surface area (Å²) in [5.41, 5.74) is 0. The van der Waals surface area contributed by atoms with Crippen LogP contribution in [0.2, 0.25) is 0 Å². The van der Waals surface area contributed by atoms with Gasteiger partial charge >= 0.3 is 0 Å². The molecule has 0 bridgehead atoms. The zero-order valence-corrected chi connectivity index (χ0v) is 13.1. The first-order valence-corrected chi connectivity index (χ1v) is 8.75. The minimum Gasteiger partial charge on any atom is -0.380 e. The lowest BCUT2D eigenvalue weighted by Gasteiger charge is -2.05. The third kappa shape index (κ3) is 6.47. The predicted molar refractivity (Wildman–Crippen MR) is 78.1 cm³/mol. The van der Waals surface area contributed by atoms with Crippen molar-refractivity contribution in [1.82, 2.24) is 5.32 Å². The molecule has 20 heavy (non-hydrogen) atoms. The summed E-state index contributed by atoms with van der Waals surface area (Å²) in [6.45, 7) is 3.73. The molecule has 0 saturated carbocycles. The number of carbonyl (C=O) groups is 1. The van der Waals surface area contributed by atoms with Gasteiger partial charge in [0.2, 0.25) is 15.9 Å². The molecule has 6 nitrogen and oxygen atoms in total. The molecule has 1 heterocycles. The molecule has 0 atom stereocenters. The van der Waals surface area contributed by atoms with Crippen LogP contribution in [-0.2, 0) is 26.0 Å². The number of nitrogens with two attached hydrogens (primary N) is 1. The van der Waals surface area contributed by atoms with Crippen molar-refractivity contribution in [3.8, 4) is 0 Å². The van der Waals surface area contributed by atoms with Gasteiger partial charge in [0.15, 0.2) is 0 Å². The zero-order chi connectivity index (χ0) is 15.0. The third-order valence-corrected chi connectivity index (χ3v) is 4.99. The highest BCUT2D eigenvalue weighted by atomic mass is 32.2. The SMILES string of the molecule is CCCCOCCNC(=O)Cc1ccc(S(N)(=O)=O)s1. The minimum atomic E-state index is -3.68. The van der Waals surface area contributed by atoms with Crippen molar-refractivity contribution >= 4 is 27.3 Å². The molecule has 0 radical (unpaired) electrons. The molecule has 0 aliphatic rings. The van der Waals surface area contributed by atoms with Gasteiger partial charge in [-0.2, -0.15) is 0 Å². The summed E-state index contributed by atoms with van der Waals surface area (Å²) >= 11 is 1.01. The molecule has 1 rings (SSSR count). The van der Waals surface area contributed by atoms with Gasteiger partial charge in [-0.1, -0.05) is 13.3 Å². The van der Waals surface area contributed by atoms with Gasteiger partial charge in [-0.3, -0.25) is 4.79 Å². The number of unbranched alkanes of at least 4 members (excludes halogenated alkanes) is 1. The van der Waals surface area contributed by atoms with Gasteiger partial charge in [0.1, 0.15) is 4.21 Å².